The van der Waals surface area contributed by atoms with Gasteiger partial charge in [-0.1, -0.05) is 30.3 Å². The molecule has 0 aliphatic rings. The molecule has 0 saturated heterocycles. The Bertz CT molecular complexity index is 1150. The van der Waals surface area contributed by atoms with Crippen LogP contribution < -0.4 is 14.9 Å². The summed E-state index contributed by atoms with van der Waals surface area (Å²) in [4.78, 5) is 21.0. The molecule has 1 N–H and O–H groups in total. The van der Waals surface area contributed by atoms with Crippen LogP contribution in [-0.4, -0.2) is 29.8 Å². The summed E-state index contributed by atoms with van der Waals surface area (Å²) < 4.78 is 10.7. The lowest BCUT2D eigenvalue weighted by Gasteiger charge is -2.13. The highest BCUT2D eigenvalue weighted by Gasteiger charge is 2.20. The molecule has 0 aliphatic carbocycles. The average molecular weight is 422 g/mol. The predicted molar refractivity (Wildman–Crippen MR) is 115 cm³/mol. The van der Waals surface area contributed by atoms with E-state index in [-0.39, 0.29) is 11.4 Å². The summed E-state index contributed by atoms with van der Waals surface area (Å²) in [6.07, 6.45) is 0. The van der Waals surface area contributed by atoms with E-state index in [1.54, 1.807) is 18.2 Å². The highest BCUT2D eigenvalue weighted by molar-refractivity contribution is 6.14. The molecule has 0 saturated carbocycles. The highest BCUT2D eigenvalue weighted by Crippen LogP contribution is 2.30. The first-order chi connectivity index (χ1) is 14.9. The molecule has 10 nitrogen and oxygen atoms in total. The van der Waals surface area contributed by atoms with E-state index in [0.29, 0.717) is 22.8 Å². The minimum absolute atomic E-state index is 0.0107. The Labute approximate surface area is 177 Å². The number of hydrazone groups is 1. The van der Waals surface area contributed by atoms with E-state index in [2.05, 4.69) is 10.5 Å². The van der Waals surface area contributed by atoms with Crippen LogP contribution >= 0.6 is 0 Å². The molecule has 158 valence electrons. The van der Waals surface area contributed by atoms with Gasteiger partial charge in [0.2, 0.25) is 0 Å². The minimum Gasteiger partial charge on any atom is -0.497 e. The van der Waals surface area contributed by atoms with Crippen LogP contribution in [0.15, 0.2) is 71.8 Å². The molecule has 0 aliphatic heterocycles. The van der Waals surface area contributed by atoms with Gasteiger partial charge in [0.05, 0.1) is 30.1 Å². The average Bonchev–Trinajstić information content (AvgIpc) is 2.79. The summed E-state index contributed by atoms with van der Waals surface area (Å²) in [5.74, 6) is 1.08. The number of anilines is 1. The van der Waals surface area contributed by atoms with Gasteiger partial charge in [-0.05, 0) is 18.2 Å². The Morgan fingerprint density at radius 3 is 2.26 bits per heavy atom. The van der Waals surface area contributed by atoms with Gasteiger partial charge in [-0.2, -0.15) is 5.10 Å². The molecule has 10 heteroatoms. The number of nitro groups is 2. The molecule has 0 fully saturated rings. The zero-order valence-electron chi connectivity index (χ0n) is 16.6. The fourth-order valence-corrected chi connectivity index (χ4v) is 2.87. The summed E-state index contributed by atoms with van der Waals surface area (Å²) in [6, 6.07) is 17.7. The lowest BCUT2D eigenvalue weighted by molar-refractivity contribution is -0.393. The smallest absolute Gasteiger partial charge is 0.301 e. The zero-order chi connectivity index (χ0) is 22.4. The van der Waals surface area contributed by atoms with Crippen LogP contribution in [0.1, 0.15) is 11.1 Å². The van der Waals surface area contributed by atoms with Crippen molar-refractivity contribution in [2.75, 3.05) is 19.6 Å². The topological polar surface area (TPSA) is 129 Å². The molecule has 0 bridgehead atoms. The van der Waals surface area contributed by atoms with E-state index in [4.69, 9.17) is 9.47 Å². The van der Waals surface area contributed by atoms with Crippen LogP contribution in [0.25, 0.3) is 0 Å². The van der Waals surface area contributed by atoms with E-state index in [1.165, 1.54) is 26.4 Å². The van der Waals surface area contributed by atoms with Crippen molar-refractivity contribution in [3.05, 3.63) is 98.1 Å². The molecule has 3 aromatic carbocycles. The lowest BCUT2D eigenvalue weighted by atomic mass is 10.0. The first-order valence-corrected chi connectivity index (χ1v) is 8.99. The molecule has 31 heavy (non-hydrogen) atoms. The van der Waals surface area contributed by atoms with Crippen molar-refractivity contribution in [1.29, 1.82) is 0 Å². The number of hydrogen-bond donors (Lipinski definition) is 1. The highest BCUT2D eigenvalue weighted by atomic mass is 16.6. The third kappa shape index (κ3) is 4.75. The Morgan fingerprint density at radius 2 is 1.65 bits per heavy atom. The van der Waals surface area contributed by atoms with E-state index in [9.17, 15) is 20.2 Å². The molecule has 0 spiro atoms. The zero-order valence-corrected chi connectivity index (χ0v) is 16.6. The van der Waals surface area contributed by atoms with Crippen LogP contribution in [0.3, 0.4) is 0 Å². The van der Waals surface area contributed by atoms with Crippen LogP contribution in [0.5, 0.6) is 11.5 Å². The maximum absolute atomic E-state index is 11.4. The van der Waals surface area contributed by atoms with E-state index in [1.807, 2.05) is 30.3 Å². The quantitative estimate of drug-likeness (QED) is 0.324. The van der Waals surface area contributed by atoms with E-state index in [0.717, 1.165) is 11.6 Å². The van der Waals surface area contributed by atoms with Gasteiger partial charge in [-0.25, -0.2) is 0 Å². The van der Waals surface area contributed by atoms with Crippen molar-refractivity contribution in [1.82, 2.24) is 0 Å². The summed E-state index contributed by atoms with van der Waals surface area (Å²) in [5.41, 5.74) is 3.63. The third-order valence-electron chi connectivity index (χ3n) is 4.39. The minimum atomic E-state index is -0.707. The second-order valence-corrected chi connectivity index (χ2v) is 6.22. The fourth-order valence-electron chi connectivity index (χ4n) is 2.87. The number of ether oxygens (including phenoxy) is 2. The second-order valence-electron chi connectivity index (χ2n) is 6.22. The van der Waals surface area contributed by atoms with Crippen molar-refractivity contribution in [2.45, 2.75) is 0 Å². The van der Waals surface area contributed by atoms with Crippen molar-refractivity contribution in [2.24, 2.45) is 5.10 Å². The molecule has 0 amide bonds. The second kappa shape index (κ2) is 9.35. The Hall–Kier alpha value is -4.47. The van der Waals surface area contributed by atoms with Gasteiger partial charge in [-0.15, -0.1) is 0 Å². The molecule has 3 aromatic rings. The number of benzene rings is 3. The van der Waals surface area contributed by atoms with Crippen LogP contribution in [0, 0.1) is 20.2 Å². The van der Waals surface area contributed by atoms with Crippen LogP contribution in [-0.2, 0) is 0 Å². The number of nitro benzene ring substituents is 2. The van der Waals surface area contributed by atoms with Crippen LogP contribution in [0.2, 0.25) is 0 Å². The molecule has 3 rings (SSSR count). The van der Waals surface area contributed by atoms with Gasteiger partial charge in [-0.3, -0.25) is 25.7 Å². The molecular formula is C21H18N4O6. The monoisotopic (exact) mass is 422 g/mol. The van der Waals surface area contributed by atoms with Crippen molar-refractivity contribution < 1.29 is 19.3 Å². The summed E-state index contributed by atoms with van der Waals surface area (Å²) in [7, 11) is 3.05. The number of non-ortho nitro benzene ring substituents is 1. The van der Waals surface area contributed by atoms with Gasteiger partial charge < -0.3 is 9.47 Å². The number of rotatable bonds is 8. The maximum atomic E-state index is 11.4. The number of nitrogens with one attached hydrogen (secondary N) is 1. The molecule has 0 unspecified atom stereocenters. The van der Waals surface area contributed by atoms with Gasteiger partial charge >= 0.3 is 5.69 Å². The van der Waals surface area contributed by atoms with Gasteiger partial charge in [0.25, 0.3) is 5.69 Å². The van der Waals surface area contributed by atoms with E-state index >= 15 is 0 Å². The molecule has 0 aromatic heterocycles. The van der Waals surface area contributed by atoms with Gasteiger partial charge in [0.1, 0.15) is 22.9 Å². The molecular weight excluding hydrogens is 404 g/mol. The number of methoxy groups -OCH3 is 2. The summed E-state index contributed by atoms with van der Waals surface area (Å²) in [6.45, 7) is 0. The van der Waals surface area contributed by atoms with Crippen LogP contribution in [0.4, 0.5) is 17.1 Å². The molecule has 0 radical (unpaired) electrons. The molecule has 0 atom stereocenters. The first-order valence-electron chi connectivity index (χ1n) is 8.99. The Morgan fingerprint density at radius 1 is 0.903 bits per heavy atom. The third-order valence-corrected chi connectivity index (χ3v) is 4.39. The maximum Gasteiger partial charge on any atom is 0.301 e. The lowest BCUT2D eigenvalue weighted by Crippen LogP contribution is -2.09. The summed E-state index contributed by atoms with van der Waals surface area (Å²) >= 11 is 0. The summed E-state index contributed by atoms with van der Waals surface area (Å²) in [5, 5.41) is 26.8. The van der Waals surface area contributed by atoms with Crippen molar-refractivity contribution >= 4 is 22.8 Å². The fraction of sp³-hybridized carbons (Fsp3) is 0.0952. The Balaban J connectivity index is 2.11. The predicted octanol–water partition coefficient (Wildman–Crippen LogP) is 4.38. The van der Waals surface area contributed by atoms with Gasteiger partial charge in [0, 0.05) is 23.3 Å². The Kier molecular flexibility index (Phi) is 6.41. The normalized spacial score (nSPS) is 11.0. The molecule has 0 heterocycles. The van der Waals surface area contributed by atoms with Gasteiger partial charge in [0.15, 0.2) is 0 Å². The van der Waals surface area contributed by atoms with Crippen molar-refractivity contribution in [3.8, 4) is 11.5 Å². The first kappa shape index (κ1) is 21.2. The number of hydrogen-bond acceptors (Lipinski definition) is 8. The van der Waals surface area contributed by atoms with Crippen molar-refractivity contribution in [3.63, 3.8) is 0 Å². The number of nitrogens with zero attached hydrogens (tertiary/aromatic N) is 3. The SMILES string of the molecule is COc1ccc(/C(=N/Nc2ccc([N+](=O)[O-])cc2[N+](=O)[O-])c2ccccc2)c(OC)c1. The van der Waals surface area contributed by atoms with E-state index < -0.39 is 15.5 Å². The standard InChI is InChI=1S/C21H18N4O6/c1-30-16-9-10-17(20(13-16)31-2)21(14-6-4-3-5-7-14)23-22-18-11-8-15(24(26)27)12-19(18)25(28)29/h3-13,22H,1-2H3/b23-21+. The largest absolute Gasteiger partial charge is 0.497 e.